The molecule has 0 heterocycles. The lowest BCUT2D eigenvalue weighted by atomic mass is 10.1. The molecule has 104 valence electrons. The molecule has 1 aromatic carbocycles. The molecule has 0 aliphatic carbocycles. The van der Waals surface area contributed by atoms with E-state index >= 15 is 0 Å². The van der Waals surface area contributed by atoms with Crippen LogP contribution in [-0.4, -0.2) is 23.6 Å². The van der Waals surface area contributed by atoms with Crippen LogP contribution in [0.5, 0.6) is 0 Å². The molecule has 5 heteroatoms. The van der Waals surface area contributed by atoms with Gasteiger partial charge in [0.1, 0.15) is 11.6 Å². The minimum Gasteiger partial charge on any atom is -0.389 e. The van der Waals surface area contributed by atoms with Gasteiger partial charge in [-0.2, -0.15) is 0 Å². The van der Waals surface area contributed by atoms with Crippen LogP contribution in [-0.2, 0) is 9.53 Å². The lowest BCUT2D eigenvalue weighted by molar-refractivity contribution is -0.123. The van der Waals surface area contributed by atoms with E-state index in [9.17, 15) is 4.79 Å². The standard InChI is InChI=1S/C14H20N2O2S/c1-9(2)10(3)18-8-13(17)16-12-6-4-5-11(7-12)14(15)19/h4-7,9-10H,8H2,1-3H3,(H2,15,19)(H,16,17). The molecular formula is C14H20N2O2S. The van der Waals surface area contributed by atoms with Crippen molar-refractivity contribution < 1.29 is 9.53 Å². The molecule has 4 nitrogen and oxygen atoms in total. The Morgan fingerprint density at radius 3 is 2.68 bits per heavy atom. The van der Waals surface area contributed by atoms with Gasteiger partial charge in [0, 0.05) is 11.3 Å². The Kier molecular flexibility index (Phi) is 5.92. The third-order valence-corrected chi connectivity index (χ3v) is 3.08. The Labute approximate surface area is 119 Å². The van der Waals surface area contributed by atoms with Crippen molar-refractivity contribution in [3.63, 3.8) is 0 Å². The Hall–Kier alpha value is -1.46. The average molecular weight is 280 g/mol. The summed E-state index contributed by atoms with van der Waals surface area (Å²) in [5, 5.41) is 2.75. The quantitative estimate of drug-likeness (QED) is 0.785. The topological polar surface area (TPSA) is 64.3 Å². The highest BCUT2D eigenvalue weighted by Gasteiger charge is 2.10. The second-order valence-corrected chi connectivity index (χ2v) is 5.19. The lowest BCUT2D eigenvalue weighted by Gasteiger charge is -2.16. The minimum atomic E-state index is -0.187. The summed E-state index contributed by atoms with van der Waals surface area (Å²) >= 11 is 4.89. The second-order valence-electron chi connectivity index (χ2n) is 4.75. The van der Waals surface area contributed by atoms with Gasteiger partial charge in [0.05, 0.1) is 6.10 Å². The summed E-state index contributed by atoms with van der Waals surface area (Å²) in [6, 6.07) is 7.12. The molecule has 0 bridgehead atoms. The number of hydrogen-bond acceptors (Lipinski definition) is 3. The van der Waals surface area contributed by atoms with Crippen molar-refractivity contribution >= 4 is 28.8 Å². The third-order valence-electron chi connectivity index (χ3n) is 2.85. The van der Waals surface area contributed by atoms with Crippen molar-refractivity contribution in [2.45, 2.75) is 26.9 Å². The molecule has 0 aromatic heterocycles. The van der Waals surface area contributed by atoms with Crippen LogP contribution in [0.15, 0.2) is 24.3 Å². The number of ether oxygens (including phenoxy) is 1. The zero-order valence-corrected chi connectivity index (χ0v) is 12.3. The van der Waals surface area contributed by atoms with Gasteiger partial charge in [0.2, 0.25) is 5.91 Å². The highest BCUT2D eigenvalue weighted by molar-refractivity contribution is 7.80. The molecule has 1 rings (SSSR count). The Morgan fingerprint density at radius 2 is 2.11 bits per heavy atom. The predicted octanol–water partition coefficient (Wildman–Crippen LogP) is 2.32. The van der Waals surface area contributed by atoms with Crippen LogP contribution < -0.4 is 11.1 Å². The summed E-state index contributed by atoms with van der Waals surface area (Å²) in [5.74, 6) is 0.193. The number of benzene rings is 1. The number of amides is 1. The monoisotopic (exact) mass is 280 g/mol. The smallest absolute Gasteiger partial charge is 0.250 e. The van der Waals surface area contributed by atoms with E-state index in [1.165, 1.54) is 0 Å². The van der Waals surface area contributed by atoms with E-state index < -0.39 is 0 Å². The first-order valence-corrected chi connectivity index (χ1v) is 6.62. The highest BCUT2D eigenvalue weighted by Crippen LogP contribution is 2.11. The maximum absolute atomic E-state index is 11.7. The molecule has 19 heavy (non-hydrogen) atoms. The summed E-state index contributed by atoms with van der Waals surface area (Å²) in [5.41, 5.74) is 6.93. The normalized spacial score (nSPS) is 12.2. The molecule has 0 fully saturated rings. The number of nitrogens with one attached hydrogen (secondary N) is 1. The van der Waals surface area contributed by atoms with Gasteiger partial charge in [-0.1, -0.05) is 38.2 Å². The van der Waals surface area contributed by atoms with Gasteiger partial charge in [-0.3, -0.25) is 4.79 Å². The van der Waals surface area contributed by atoms with E-state index in [-0.39, 0.29) is 18.6 Å². The SMILES string of the molecule is CC(C)C(C)OCC(=O)Nc1cccc(C(N)=S)c1. The number of rotatable bonds is 6. The van der Waals surface area contributed by atoms with E-state index in [4.69, 9.17) is 22.7 Å². The van der Waals surface area contributed by atoms with Crippen molar-refractivity contribution in [2.24, 2.45) is 11.7 Å². The number of carbonyl (C=O) groups excluding carboxylic acids is 1. The maximum atomic E-state index is 11.7. The third kappa shape index (κ3) is 5.36. The molecule has 0 saturated carbocycles. The summed E-state index contributed by atoms with van der Waals surface area (Å²) in [6.07, 6.45) is 0.0497. The molecule has 1 unspecified atom stereocenters. The van der Waals surface area contributed by atoms with Crippen LogP contribution in [0.25, 0.3) is 0 Å². The Morgan fingerprint density at radius 1 is 1.42 bits per heavy atom. The van der Waals surface area contributed by atoms with Gasteiger partial charge < -0.3 is 15.8 Å². The molecule has 0 aliphatic rings. The summed E-state index contributed by atoms with van der Waals surface area (Å²) in [6.45, 7) is 6.09. The molecule has 0 saturated heterocycles. The molecule has 1 atom stereocenters. The number of hydrogen-bond donors (Lipinski definition) is 2. The Balaban J connectivity index is 2.53. The van der Waals surface area contributed by atoms with E-state index in [0.29, 0.717) is 16.6 Å². The largest absolute Gasteiger partial charge is 0.389 e. The van der Waals surface area contributed by atoms with Crippen LogP contribution in [0.3, 0.4) is 0 Å². The van der Waals surface area contributed by atoms with E-state index in [1.54, 1.807) is 24.3 Å². The van der Waals surface area contributed by atoms with Crippen molar-refractivity contribution in [2.75, 3.05) is 11.9 Å². The summed E-state index contributed by atoms with van der Waals surface area (Å²) in [7, 11) is 0. The van der Waals surface area contributed by atoms with Crippen molar-refractivity contribution in [3.05, 3.63) is 29.8 Å². The Bertz CT molecular complexity index is 461. The van der Waals surface area contributed by atoms with E-state index in [0.717, 1.165) is 5.56 Å². The second kappa shape index (κ2) is 7.21. The minimum absolute atomic E-state index is 0.0383. The molecule has 0 radical (unpaired) electrons. The number of anilines is 1. The number of thiocarbonyl (C=S) groups is 1. The first kappa shape index (κ1) is 15.6. The van der Waals surface area contributed by atoms with Crippen LogP contribution in [0.4, 0.5) is 5.69 Å². The van der Waals surface area contributed by atoms with Crippen LogP contribution >= 0.6 is 12.2 Å². The fourth-order valence-electron chi connectivity index (χ4n) is 1.35. The molecule has 3 N–H and O–H groups in total. The van der Waals surface area contributed by atoms with Gasteiger partial charge in [-0.15, -0.1) is 0 Å². The van der Waals surface area contributed by atoms with Gasteiger partial charge >= 0.3 is 0 Å². The number of nitrogens with two attached hydrogens (primary N) is 1. The average Bonchev–Trinajstić information content (AvgIpc) is 2.36. The zero-order valence-electron chi connectivity index (χ0n) is 11.5. The molecule has 1 amide bonds. The van der Waals surface area contributed by atoms with Crippen molar-refractivity contribution in [1.82, 2.24) is 0 Å². The van der Waals surface area contributed by atoms with Crippen LogP contribution in [0, 0.1) is 5.92 Å². The van der Waals surface area contributed by atoms with E-state index in [1.807, 2.05) is 20.8 Å². The van der Waals surface area contributed by atoms with Crippen molar-refractivity contribution in [1.29, 1.82) is 0 Å². The fourth-order valence-corrected chi connectivity index (χ4v) is 1.47. The van der Waals surface area contributed by atoms with Gasteiger partial charge in [0.15, 0.2) is 0 Å². The highest BCUT2D eigenvalue weighted by atomic mass is 32.1. The fraction of sp³-hybridized carbons (Fsp3) is 0.429. The summed E-state index contributed by atoms with van der Waals surface area (Å²) < 4.78 is 5.45. The lowest BCUT2D eigenvalue weighted by Crippen LogP contribution is -2.24. The predicted molar refractivity (Wildman–Crippen MR) is 81.2 cm³/mol. The van der Waals surface area contributed by atoms with Crippen LogP contribution in [0.1, 0.15) is 26.3 Å². The summed E-state index contributed by atoms with van der Waals surface area (Å²) in [4.78, 5) is 12.0. The first-order valence-electron chi connectivity index (χ1n) is 6.21. The first-order chi connectivity index (χ1) is 8.90. The molecular weight excluding hydrogens is 260 g/mol. The van der Waals surface area contributed by atoms with Gasteiger partial charge in [0.25, 0.3) is 0 Å². The zero-order chi connectivity index (χ0) is 14.4. The number of carbonyl (C=O) groups is 1. The van der Waals surface area contributed by atoms with Crippen LogP contribution in [0.2, 0.25) is 0 Å². The molecule has 0 spiro atoms. The molecule has 0 aliphatic heterocycles. The van der Waals surface area contributed by atoms with Gasteiger partial charge in [-0.05, 0) is 25.0 Å². The molecule has 1 aromatic rings. The van der Waals surface area contributed by atoms with Gasteiger partial charge in [-0.25, -0.2) is 0 Å². The van der Waals surface area contributed by atoms with E-state index in [2.05, 4.69) is 5.32 Å². The maximum Gasteiger partial charge on any atom is 0.250 e. The van der Waals surface area contributed by atoms with Crippen molar-refractivity contribution in [3.8, 4) is 0 Å².